The van der Waals surface area contributed by atoms with Gasteiger partial charge in [0.2, 0.25) is 0 Å². The second-order valence-corrected chi connectivity index (χ2v) is 9.85. The zero-order valence-corrected chi connectivity index (χ0v) is 18.9. The van der Waals surface area contributed by atoms with Gasteiger partial charge in [-0.25, -0.2) is 18.3 Å². The maximum Gasteiger partial charge on any atom is 0.258 e. The van der Waals surface area contributed by atoms with E-state index in [9.17, 15) is 13.6 Å². The highest BCUT2D eigenvalue weighted by Gasteiger charge is 2.44. The van der Waals surface area contributed by atoms with E-state index >= 15 is 0 Å². The van der Waals surface area contributed by atoms with Gasteiger partial charge >= 0.3 is 0 Å². The van der Waals surface area contributed by atoms with Crippen LogP contribution in [-0.2, 0) is 13.1 Å². The number of amides is 1. The predicted molar refractivity (Wildman–Crippen MR) is 117 cm³/mol. The highest BCUT2D eigenvalue weighted by atomic mass is 35.5. The molecule has 1 aromatic carbocycles. The molecule has 2 aliphatic carbocycles. The Morgan fingerprint density at radius 1 is 1.24 bits per heavy atom. The number of ether oxygens (including phenoxy) is 1. The van der Waals surface area contributed by atoms with Crippen LogP contribution in [0.25, 0.3) is 5.65 Å². The summed E-state index contributed by atoms with van der Waals surface area (Å²) in [5.41, 5.74) is 3.19. The van der Waals surface area contributed by atoms with Crippen LogP contribution in [-0.4, -0.2) is 37.7 Å². The number of hydrogen-bond acceptors (Lipinski definition) is 4. The molecule has 6 rings (SSSR count). The third kappa shape index (κ3) is 3.46. The molecule has 1 amide bonds. The molecule has 3 heterocycles. The number of carbonyl (C=O) groups is 1. The summed E-state index contributed by atoms with van der Waals surface area (Å²) < 4.78 is 36.7. The number of alkyl halides is 1. The fourth-order valence-electron chi connectivity index (χ4n) is 5.58. The van der Waals surface area contributed by atoms with Gasteiger partial charge in [-0.2, -0.15) is 5.10 Å². The van der Waals surface area contributed by atoms with Gasteiger partial charge in [0, 0.05) is 11.6 Å². The Morgan fingerprint density at radius 3 is 2.94 bits per heavy atom. The summed E-state index contributed by atoms with van der Waals surface area (Å²) in [5, 5.41) is 5.04. The number of hydrogen-bond donors (Lipinski definition) is 0. The lowest BCUT2D eigenvalue weighted by Crippen LogP contribution is -2.38. The highest BCUT2D eigenvalue weighted by molar-refractivity contribution is 6.31. The normalized spacial score (nSPS) is 26.1. The van der Waals surface area contributed by atoms with Crippen molar-refractivity contribution in [3.8, 4) is 5.75 Å². The summed E-state index contributed by atoms with van der Waals surface area (Å²) in [7, 11) is 0. The lowest BCUT2D eigenvalue weighted by Gasteiger charge is -2.32. The summed E-state index contributed by atoms with van der Waals surface area (Å²) in [4.78, 5) is 19.6. The average Bonchev–Trinajstić information content (AvgIpc) is 3.46. The minimum Gasteiger partial charge on any atom is -0.486 e. The van der Waals surface area contributed by atoms with Gasteiger partial charge in [-0.15, -0.1) is 0 Å². The molecule has 2 saturated carbocycles. The quantitative estimate of drug-likeness (QED) is 0.544. The summed E-state index contributed by atoms with van der Waals surface area (Å²) in [6.45, 7) is 2.43. The standard InChI is InChI=1S/C24H23ClF2N4O2/c1-12-18(25)10-31-23(28-12)17-9-30(11-19(17)29-31)24(32)16-5-4-15(26)8-20(16)33-21-7-13-2-3-14(6-13)22(21)27/h4-5,8,10,13-14,21-22H,2-3,6-7,9,11H2,1H3/t13-,14-,21-,22?/m1/s1. The van der Waals surface area contributed by atoms with Crippen molar-refractivity contribution in [2.75, 3.05) is 0 Å². The number of aromatic nitrogens is 3. The molecule has 3 aromatic rings. The van der Waals surface area contributed by atoms with Crippen molar-refractivity contribution in [1.29, 1.82) is 0 Å². The van der Waals surface area contributed by atoms with Crippen LogP contribution in [0.3, 0.4) is 0 Å². The van der Waals surface area contributed by atoms with Crippen molar-refractivity contribution in [3.05, 3.63) is 57.8 Å². The Hall–Kier alpha value is -2.74. The number of aryl methyl sites for hydroxylation is 1. The molecule has 1 aliphatic heterocycles. The van der Waals surface area contributed by atoms with Crippen LogP contribution in [0.15, 0.2) is 24.4 Å². The first-order valence-corrected chi connectivity index (χ1v) is 11.7. The highest BCUT2D eigenvalue weighted by Crippen LogP contribution is 2.45. The Kier molecular flexibility index (Phi) is 4.83. The minimum absolute atomic E-state index is 0.00384. The fraction of sp³-hybridized carbons (Fsp3) is 0.458. The molecule has 6 nitrogen and oxygen atoms in total. The van der Waals surface area contributed by atoms with E-state index in [-0.39, 0.29) is 23.1 Å². The maximum atomic E-state index is 15.0. The largest absolute Gasteiger partial charge is 0.486 e. The molecule has 2 bridgehead atoms. The molecule has 2 aromatic heterocycles. The number of benzene rings is 1. The zero-order chi connectivity index (χ0) is 22.9. The smallest absolute Gasteiger partial charge is 0.258 e. The summed E-state index contributed by atoms with van der Waals surface area (Å²) in [6, 6.07) is 3.84. The van der Waals surface area contributed by atoms with Gasteiger partial charge in [0.25, 0.3) is 5.91 Å². The Morgan fingerprint density at radius 2 is 2.09 bits per heavy atom. The van der Waals surface area contributed by atoms with Crippen molar-refractivity contribution < 1.29 is 18.3 Å². The molecule has 1 unspecified atom stereocenters. The molecule has 0 radical (unpaired) electrons. The Labute approximate surface area is 194 Å². The molecule has 3 aliphatic rings. The molecule has 0 spiro atoms. The van der Waals surface area contributed by atoms with Crippen molar-refractivity contribution in [1.82, 2.24) is 19.5 Å². The van der Waals surface area contributed by atoms with Crippen molar-refractivity contribution >= 4 is 23.2 Å². The summed E-state index contributed by atoms with van der Waals surface area (Å²) >= 11 is 6.15. The van der Waals surface area contributed by atoms with Crippen LogP contribution in [0.2, 0.25) is 5.02 Å². The molecule has 9 heteroatoms. The van der Waals surface area contributed by atoms with Gasteiger partial charge in [0.05, 0.1) is 41.3 Å². The van der Waals surface area contributed by atoms with Gasteiger partial charge < -0.3 is 9.64 Å². The third-order valence-electron chi connectivity index (χ3n) is 7.30. The maximum absolute atomic E-state index is 15.0. The Bertz CT molecular complexity index is 1280. The first kappa shape index (κ1) is 20.8. The van der Waals surface area contributed by atoms with E-state index in [0.29, 0.717) is 41.8 Å². The van der Waals surface area contributed by atoms with E-state index in [1.807, 2.05) is 6.92 Å². The third-order valence-corrected chi connectivity index (χ3v) is 7.67. The molecule has 33 heavy (non-hydrogen) atoms. The fourth-order valence-corrected chi connectivity index (χ4v) is 5.72. The minimum atomic E-state index is -1.10. The van der Waals surface area contributed by atoms with Crippen LogP contribution in [0.4, 0.5) is 8.78 Å². The van der Waals surface area contributed by atoms with Crippen LogP contribution in [0, 0.1) is 24.6 Å². The second-order valence-electron chi connectivity index (χ2n) is 9.44. The monoisotopic (exact) mass is 472 g/mol. The molecule has 4 atom stereocenters. The SMILES string of the molecule is Cc1nc2c3c(nn2cc1Cl)CN(C(=O)c1ccc(F)cc1O[C@@H]1C[C@@H]2CC[C@H](C2)C1F)C3. The Balaban J connectivity index is 1.27. The van der Waals surface area contributed by atoms with E-state index in [1.54, 1.807) is 15.6 Å². The number of fused-ring (bicyclic) bond motifs is 5. The van der Waals surface area contributed by atoms with Crippen molar-refractivity contribution in [2.24, 2.45) is 11.8 Å². The topological polar surface area (TPSA) is 59.7 Å². The molecule has 2 fully saturated rings. The number of carbonyl (C=O) groups excluding carboxylic acids is 1. The van der Waals surface area contributed by atoms with Crippen molar-refractivity contribution in [3.63, 3.8) is 0 Å². The van der Waals surface area contributed by atoms with E-state index in [4.69, 9.17) is 16.3 Å². The summed E-state index contributed by atoms with van der Waals surface area (Å²) in [6.07, 6.45) is 3.33. The van der Waals surface area contributed by atoms with Crippen molar-refractivity contribution in [2.45, 2.75) is 58.0 Å². The van der Waals surface area contributed by atoms with Gasteiger partial charge in [-0.05, 0) is 56.6 Å². The molecular weight excluding hydrogens is 450 g/mol. The number of nitrogens with zero attached hydrogens (tertiary/aromatic N) is 4. The van der Waals surface area contributed by atoms with E-state index in [2.05, 4.69) is 10.1 Å². The predicted octanol–water partition coefficient (Wildman–Crippen LogP) is 4.89. The van der Waals surface area contributed by atoms with Gasteiger partial charge in [-0.3, -0.25) is 4.79 Å². The lowest BCUT2D eigenvalue weighted by atomic mass is 9.85. The van der Waals surface area contributed by atoms with Gasteiger partial charge in [-0.1, -0.05) is 11.6 Å². The number of halogens is 3. The van der Waals surface area contributed by atoms with E-state index in [1.165, 1.54) is 18.2 Å². The first-order chi connectivity index (χ1) is 15.9. The number of rotatable bonds is 3. The average molecular weight is 473 g/mol. The van der Waals surface area contributed by atoms with Gasteiger partial charge in [0.15, 0.2) is 5.65 Å². The van der Waals surface area contributed by atoms with Crippen LogP contribution < -0.4 is 4.74 Å². The molecule has 0 N–H and O–H groups in total. The van der Waals surface area contributed by atoms with Gasteiger partial charge in [0.1, 0.15) is 23.8 Å². The van der Waals surface area contributed by atoms with E-state index < -0.39 is 18.1 Å². The van der Waals surface area contributed by atoms with Crippen LogP contribution >= 0.6 is 11.6 Å². The molecule has 172 valence electrons. The zero-order valence-electron chi connectivity index (χ0n) is 18.1. The van der Waals surface area contributed by atoms with Crippen LogP contribution in [0.5, 0.6) is 5.75 Å². The molecular formula is C24H23ClF2N4O2. The first-order valence-electron chi connectivity index (χ1n) is 11.3. The second kappa shape index (κ2) is 7.65. The van der Waals surface area contributed by atoms with E-state index in [0.717, 1.165) is 30.5 Å². The van der Waals surface area contributed by atoms with Crippen LogP contribution in [0.1, 0.15) is 53.0 Å². The summed E-state index contributed by atoms with van der Waals surface area (Å²) in [5.74, 6) is -0.283. The lowest BCUT2D eigenvalue weighted by molar-refractivity contribution is 0.0244. The molecule has 0 saturated heterocycles.